The standard InChI is InChI=1S/C11H14N4O2/c1-2-5-16-7-10-14-11(17-15-10)9-4-3-8(12)6-13-9/h3-4,6H,2,5,7,12H2,1H3. The van der Waals surface area contributed by atoms with E-state index in [4.69, 9.17) is 15.0 Å². The second-order valence-electron chi connectivity index (χ2n) is 3.55. The lowest BCUT2D eigenvalue weighted by Gasteiger charge is -1.95. The van der Waals surface area contributed by atoms with Crippen molar-refractivity contribution in [1.82, 2.24) is 15.1 Å². The van der Waals surface area contributed by atoms with Crippen LogP contribution in [0.15, 0.2) is 22.9 Å². The predicted octanol–water partition coefficient (Wildman–Crippen LogP) is 1.64. The van der Waals surface area contributed by atoms with Gasteiger partial charge in [0.25, 0.3) is 5.89 Å². The van der Waals surface area contributed by atoms with Gasteiger partial charge in [-0.3, -0.25) is 0 Å². The summed E-state index contributed by atoms with van der Waals surface area (Å²) >= 11 is 0. The maximum Gasteiger partial charge on any atom is 0.276 e. The lowest BCUT2D eigenvalue weighted by Crippen LogP contribution is -1.95. The summed E-state index contributed by atoms with van der Waals surface area (Å²) in [6.45, 7) is 3.08. The van der Waals surface area contributed by atoms with Gasteiger partial charge in [-0.25, -0.2) is 4.98 Å². The minimum atomic E-state index is 0.353. The van der Waals surface area contributed by atoms with Crippen molar-refractivity contribution in [3.05, 3.63) is 24.2 Å². The molecule has 0 radical (unpaired) electrons. The first-order chi connectivity index (χ1) is 8.29. The lowest BCUT2D eigenvalue weighted by molar-refractivity contribution is 0.114. The van der Waals surface area contributed by atoms with Crippen LogP contribution in [-0.2, 0) is 11.3 Å². The van der Waals surface area contributed by atoms with E-state index in [2.05, 4.69) is 15.1 Å². The molecule has 0 amide bonds. The van der Waals surface area contributed by atoms with Gasteiger partial charge in [0.1, 0.15) is 12.3 Å². The van der Waals surface area contributed by atoms with E-state index in [1.54, 1.807) is 18.3 Å². The second kappa shape index (κ2) is 5.40. The highest BCUT2D eigenvalue weighted by atomic mass is 16.5. The Kier molecular flexibility index (Phi) is 3.66. The van der Waals surface area contributed by atoms with Crippen LogP contribution < -0.4 is 5.73 Å². The van der Waals surface area contributed by atoms with Gasteiger partial charge in [-0.1, -0.05) is 12.1 Å². The molecule has 0 aliphatic rings. The quantitative estimate of drug-likeness (QED) is 0.791. The summed E-state index contributed by atoms with van der Waals surface area (Å²) in [4.78, 5) is 8.27. The minimum Gasteiger partial charge on any atom is -0.397 e. The maximum atomic E-state index is 5.54. The van der Waals surface area contributed by atoms with Crippen LogP contribution in [0.25, 0.3) is 11.6 Å². The van der Waals surface area contributed by atoms with Crippen molar-refractivity contribution >= 4 is 5.69 Å². The van der Waals surface area contributed by atoms with Crippen LogP contribution in [-0.4, -0.2) is 21.7 Å². The molecule has 0 spiro atoms. The summed E-state index contributed by atoms with van der Waals surface area (Å²) in [6.07, 6.45) is 2.51. The Bertz CT molecular complexity index is 467. The molecular formula is C11H14N4O2. The van der Waals surface area contributed by atoms with Crippen molar-refractivity contribution in [3.8, 4) is 11.6 Å². The van der Waals surface area contributed by atoms with Crippen molar-refractivity contribution in [3.63, 3.8) is 0 Å². The number of nitrogen functional groups attached to an aromatic ring is 1. The third-order valence-corrected chi connectivity index (χ3v) is 2.05. The van der Waals surface area contributed by atoms with Gasteiger partial charge in [-0.2, -0.15) is 4.98 Å². The van der Waals surface area contributed by atoms with Gasteiger partial charge in [-0.15, -0.1) is 0 Å². The fraction of sp³-hybridized carbons (Fsp3) is 0.364. The average molecular weight is 234 g/mol. The second-order valence-corrected chi connectivity index (χ2v) is 3.55. The molecule has 2 rings (SSSR count). The van der Waals surface area contributed by atoms with E-state index in [0.717, 1.165) is 6.42 Å². The molecule has 0 atom stereocenters. The van der Waals surface area contributed by atoms with E-state index in [1.165, 1.54) is 0 Å². The van der Waals surface area contributed by atoms with Gasteiger partial charge in [0.05, 0.1) is 11.9 Å². The number of aromatic nitrogens is 3. The zero-order valence-corrected chi connectivity index (χ0v) is 9.59. The molecule has 2 aromatic heterocycles. The molecule has 0 bridgehead atoms. The van der Waals surface area contributed by atoms with E-state index in [0.29, 0.717) is 36.3 Å². The van der Waals surface area contributed by atoms with Crippen LogP contribution in [0.1, 0.15) is 19.2 Å². The summed E-state index contributed by atoms with van der Waals surface area (Å²) < 4.78 is 10.4. The van der Waals surface area contributed by atoms with Crippen LogP contribution in [0.2, 0.25) is 0 Å². The van der Waals surface area contributed by atoms with Gasteiger partial charge in [0.15, 0.2) is 5.82 Å². The number of ether oxygens (including phenoxy) is 1. The number of hydrogen-bond acceptors (Lipinski definition) is 6. The molecule has 0 saturated carbocycles. The van der Waals surface area contributed by atoms with Gasteiger partial charge >= 0.3 is 0 Å². The first-order valence-electron chi connectivity index (χ1n) is 5.42. The number of rotatable bonds is 5. The van der Waals surface area contributed by atoms with Gasteiger partial charge in [-0.05, 0) is 18.6 Å². The minimum absolute atomic E-state index is 0.353. The molecule has 0 unspecified atom stereocenters. The molecular weight excluding hydrogens is 220 g/mol. The zero-order valence-electron chi connectivity index (χ0n) is 9.59. The van der Waals surface area contributed by atoms with E-state index >= 15 is 0 Å². The monoisotopic (exact) mass is 234 g/mol. The molecule has 2 aromatic rings. The molecule has 6 nitrogen and oxygen atoms in total. The SMILES string of the molecule is CCCOCc1noc(-c2ccc(N)cn2)n1. The number of pyridine rings is 1. The molecule has 0 fully saturated rings. The van der Waals surface area contributed by atoms with Crippen molar-refractivity contribution in [2.75, 3.05) is 12.3 Å². The van der Waals surface area contributed by atoms with Crippen LogP contribution in [0, 0.1) is 0 Å². The topological polar surface area (TPSA) is 87.1 Å². The van der Waals surface area contributed by atoms with Gasteiger partial charge in [0, 0.05) is 6.61 Å². The van der Waals surface area contributed by atoms with E-state index in [1.807, 2.05) is 6.92 Å². The highest BCUT2D eigenvalue weighted by Gasteiger charge is 2.09. The molecule has 0 aromatic carbocycles. The van der Waals surface area contributed by atoms with Gasteiger partial charge in [0.2, 0.25) is 0 Å². The average Bonchev–Trinajstić information content (AvgIpc) is 2.79. The number of nitrogens with zero attached hydrogens (tertiary/aromatic N) is 3. The van der Waals surface area contributed by atoms with Crippen LogP contribution in [0.5, 0.6) is 0 Å². The van der Waals surface area contributed by atoms with Gasteiger partial charge < -0.3 is 15.0 Å². The normalized spacial score (nSPS) is 10.6. The molecule has 0 saturated heterocycles. The largest absolute Gasteiger partial charge is 0.397 e. The van der Waals surface area contributed by atoms with Crippen molar-refractivity contribution in [2.45, 2.75) is 20.0 Å². The Balaban J connectivity index is 2.04. The highest BCUT2D eigenvalue weighted by Crippen LogP contribution is 2.15. The highest BCUT2D eigenvalue weighted by molar-refractivity contribution is 5.50. The van der Waals surface area contributed by atoms with Crippen molar-refractivity contribution in [2.24, 2.45) is 0 Å². The zero-order chi connectivity index (χ0) is 12.1. The third-order valence-electron chi connectivity index (χ3n) is 2.05. The third kappa shape index (κ3) is 3.01. The number of anilines is 1. The van der Waals surface area contributed by atoms with Crippen molar-refractivity contribution < 1.29 is 9.26 Å². The fourth-order valence-electron chi connectivity index (χ4n) is 1.26. The predicted molar refractivity (Wildman–Crippen MR) is 61.9 cm³/mol. The molecule has 2 N–H and O–H groups in total. The Labute approximate surface area is 98.8 Å². The van der Waals surface area contributed by atoms with Crippen molar-refractivity contribution in [1.29, 1.82) is 0 Å². The van der Waals surface area contributed by atoms with Crippen LogP contribution in [0.4, 0.5) is 5.69 Å². The summed E-state index contributed by atoms with van der Waals surface area (Å²) in [5, 5.41) is 3.80. The van der Waals surface area contributed by atoms with E-state index in [-0.39, 0.29) is 0 Å². The maximum absolute atomic E-state index is 5.54. The van der Waals surface area contributed by atoms with Crippen LogP contribution >= 0.6 is 0 Å². The smallest absolute Gasteiger partial charge is 0.276 e. The Hall–Kier alpha value is -1.95. The summed E-state index contributed by atoms with van der Waals surface area (Å²) in [7, 11) is 0. The van der Waals surface area contributed by atoms with Crippen LogP contribution in [0.3, 0.4) is 0 Å². The summed E-state index contributed by atoms with van der Waals surface area (Å²) in [6, 6.07) is 3.47. The Morgan fingerprint density at radius 1 is 1.41 bits per heavy atom. The lowest BCUT2D eigenvalue weighted by atomic mass is 10.3. The molecule has 0 aliphatic heterocycles. The molecule has 90 valence electrons. The summed E-state index contributed by atoms with van der Waals surface area (Å²) in [5.41, 5.74) is 6.74. The first-order valence-corrected chi connectivity index (χ1v) is 5.42. The molecule has 2 heterocycles. The van der Waals surface area contributed by atoms with E-state index < -0.39 is 0 Å². The molecule has 6 heteroatoms. The fourth-order valence-corrected chi connectivity index (χ4v) is 1.26. The number of hydrogen-bond donors (Lipinski definition) is 1. The first kappa shape index (κ1) is 11.5. The Morgan fingerprint density at radius 2 is 2.29 bits per heavy atom. The summed E-state index contributed by atoms with van der Waals surface area (Å²) in [5.74, 6) is 0.896. The molecule has 0 aliphatic carbocycles. The Morgan fingerprint density at radius 3 is 3.00 bits per heavy atom. The van der Waals surface area contributed by atoms with E-state index in [9.17, 15) is 0 Å². The number of nitrogens with two attached hydrogens (primary N) is 1. The molecule has 17 heavy (non-hydrogen) atoms.